The van der Waals surface area contributed by atoms with E-state index in [0.29, 0.717) is 32.1 Å². The first-order valence-electron chi connectivity index (χ1n) is 5.89. The fraction of sp³-hybridized carbons (Fsp3) is 0.133. The summed E-state index contributed by atoms with van der Waals surface area (Å²) >= 11 is 12.9. The molecule has 6 heteroatoms. The molecule has 0 spiro atoms. The minimum Gasteiger partial charge on any atom is -0.493 e. The Labute approximate surface area is 144 Å². The molecule has 0 aliphatic carbocycles. The van der Waals surface area contributed by atoms with Gasteiger partial charge < -0.3 is 9.47 Å². The second-order valence-electron chi connectivity index (χ2n) is 4.14. The molecule has 0 bridgehead atoms. The molecule has 0 atom stereocenters. The Morgan fingerprint density at radius 3 is 2.24 bits per heavy atom. The molecule has 2 rings (SSSR count). The second kappa shape index (κ2) is 6.81. The van der Waals surface area contributed by atoms with Crippen LogP contribution >= 0.6 is 43.5 Å². The zero-order chi connectivity index (χ0) is 15.6. The van der Waals surface area contributed by atoms with E-state index in [9.17, 15) is 4.79 Å². The molecule has 0 fully saturated rings. The molecule has 0 aliphatic rings. The number of ether oxygens (including phenoxy) is 2. The normalized spacial score (nSPS) is 10.3. The average Bonchev–Trinajstić information content (AvgIpc) is 2.48. The molecule has 0 aliphatic heterocycles. The van der Waals surface area contributed by atoms with Crippen LogP contribution in [0.25, 0.3) is 0 Å². The summed E-state index contributed by atoms with van der Waals surface area (Å²) in [6.07, 6.45) is 0. The summed E-state index contributed by atoms with van der Waals surface area (Å²) in [4.78, 5) is 12.7. The highest BCUT2D eigenvalue weighted by molar-refractivity contribution is 9.11. The maximum atomic E-state index is 12.7. The molecule has 110 valence electrons. The molecule has 0 N–H and O–H groups in total. The lowest BCUT2D eigenvalue weighted by Gasteiger charge is -2.12. The number of carbonyl (C=O) groups excluding carboxylic acids is 1. The Morgan fingerprint density at radius 1 is 1.00 bits per heavy atom. The Morgan fingerprint density at radius 2 is 1.62 bits per heavy atom. The number of carbonyl (C=O) groups is 1. The third-order valence-electron chi connectivity index (χ3n) is 2.89. The number of ketones is 1. The average molecular weight is 435 g/mol. The van der Waals surface area contributed by atoms with E-state index in [-0.39, 0.29) is 5.78 Å². The predicted molar refractivity (Wildman–Crippen MR) is 89.8 cm³/mol. The van der Waals surface area contributed by atoms with E-state index in [1.54, 1.807) is 24.3 Å². The van der Waals surface area contributed by atoms with Crippen molar-refractivity contribution in [3.8, 4) is 11.5 Å². The van der Waals surface area contributed by atoms with Crippen LogP contribution in [0.2, 0.25) is 5.02 Å². The molecule has 0 aromatic heterocycles. The molecular formula is C15H11Br2ClO3. The number of hydrogen-bond acceptors (Lipinski definition) is 3. The van der Waals surface area contributed by atoms with Gasteiger partial charge in [-0.15, -0.1) is 0 Å². The van der Waals surface area contributed by atoms with E-state index < -0.39 is 0 Å². The van der Waals surface area contributed by atoms with Crippen molar-refractivity contribution in [1.82, 2.24) is 0 Å². The van der Waals surface area contributed by atoms with Gasteiger partial charge >= 0.3 is 0 Å². The molecule has 0 saturated heterocycles. The number of halogens is 3. The van der Waals surface area contributed by atoms with Crippen LogP contribution in [-0.2, 0) is 0 Å². The van der Waals surface area contributed by atoms with Gasteiger partial charge in [-0.25, -0.2) is 0 Å². The first-order valence-corrected chi connectivity index (χ1v) is 7.85. The fourth-order valence-corrected chi connectivity index (χ4v) is 2.87. The Kier molecular flexibility index (Phi) is 5.30. The monoisotopic (exact) mass is 432 g/mol. The van der Waals surface area contributed by atoms with Gasteiger partial charge in [0.2, 0.25) is 0 Å². The van der Waals surface area contributed by atoms with Gasteiger partial charge in [-0.3, -0.25) is 4.79 Å². The minimum atomic E-state index is -0.200. The summed E-state index contributed by atoms with van der Waals surface area (Å²) < 4.78 is 11.9. The van der Waals surface area contributed by atoms with E-state index >= 15 is 0 Å². The van der Waals surface area contributed by atoms with Crippen molar-refractivity contribution >= 4 is 49.2 Å². The van der Waals surface area contributed by atoms with Crippen LogP contribution in [0.15, 0.2) is 39.3 Å². The van der Waals surface area contributed by atoms with Crippen LogP contribution in [-0.4, -0.2) is 20.0 Å². The molecule has 2 aromatic carbocycles. The van der Waals surface area contributed by atoms with E-state index in [0.717, 1.165) is 4.47 Å². The van der Waals surface area contributed by atoms with Crippen molar-refractivity contribution in [2.45, 2.75) is 0 Å². The number of hydrogen-bond donors (Lipinski definition) is 0. The van der Waals surface area contributed by atoms with Crippen molar-refractivity contribution < 1.29 is 14.3 Å². The van der Waals surface area contributed by atoms with Gasteiger partial charge in [0.1, 0.15) is 0 Å². The highest BCUT2D eigenvalue weighted by Gasteiger charge is 2.19. The number of methoxy groups -OCH3 is 2. The standard InChI is InChI=1S/C15H11Br2ClO3/c1-20-13-6-10(12(18)7-14(13)21-2)15(19)9-5-8(16)3-4-11(9)17/h3-7H,1-2H3. The Balaban J connectivity index is 2.55. The van der Waals surface area contributed by atoms with Gasteiger partial charge in [-0.2, -0.15) is 0 Å². The predicted octanol–water partition coefficient (Wildman–Crippen LogP) is 5.11. The highest BCUT2D eigenvalue weighted by atomic mass is 79.9. The van der Waals surface area contributed by atoms with Crippen LogP contribution in [0.4, 0.5) is 0 Å². The van der Waals surface area contributed by atoms with Crippen LogP contribution in [0.3, 0.4) is 0 Å². The van der Waals surface area contributed by atoms with Crippen molar-refractivity contribution in [2.75, 3.05) is 14.2 Å². The van der Waals surface area contributed by atoms with Crippen molar-refractivity contribution in [1.29, 1.82) is 0 Å². The molecule has 0 amide bonds. The molecule has 21 heavy (non-hydrogen) atoms. The lowest BCUT2D eigenvalue weighted by Crippen LogP contribution is -2.05. The largest absolute Gasteiger partial charge is 0.493 e. The Hall–Kier alpha value is -1.04. The Bertz CT molecular complexity index is 702. The third kappa shape index (κ3) is 3.42. The topological polar surface area (TPSA) is 35.5 Å². The number of rotatable bonds is 4. The van der Waals surface area contributed by atoms with Gasteiger partial charge in [0.15, 0.2) is 17.3 Å². The van der Waals surface area contributed by atoms with Crippen LogP contribution in [0.5, 0.6) is 11.5 Å². The molecule has 0 unspecified atom stereocenters. The van der Waals surface area contributed by atoms with Gasteiger partial charge in [0.05, 0.1) is 19.2 Å². The van der Waals surface area contributed by atoms with Crippen LogP contribution < -0.4 is 9.47 Å². The van der Waals surface area contributed by atoms with Crippen molar-refractivity contribution in [3.05, 3.63) is 55.4 Å². The van der Waals surface area contributed by atoms with E-state index in [2.05, 4.69) is 31.9 Å². The van der Waals surface area contributed by atoms with Gasteiger partial charge in [-0.05, 0) is 24.3 Å². The van der Waals surface area contributed by atoms with Gasteiger partial charge in [0, 0.05) is 26.1 Å². The fourth-order valence-electron chi connectivity index (χ4n) is 1.84. The SMILES string of the molecule is COc1cc(Cl)c(C(=O)c2cc(Br)ccc2Br)cc1OC. The summed E-state index contributed by atoms with van der Waals surface area (Å²) in [5, 5.41) is 0.310. The molecule has 0 saturated carbocycles. The first kappa shape index (κ1) is 16.3. The zero-order valence-electron chi connectivity index (χ0n) is 11.2. The molecule has 3 nitrogen and oxygen atoms in total. The lowest BCUT2D eigenvalue weighted by molar-refractivity contribution is 0.103. The number of benzene rings is 2. The van der Waals surface area contributed by atoms with Gasteiger partial charge in [0.25, 0.3) is 0 Å². The van der Waals surface area contributed by atoms with E-state index in [4.69, 9.17) is 21.1 Å². The summed E-state index contributed by atoms with van der Waals surface area (Å²) in [7, 11) is 3.02. The van der Waals surface area contributed by atoms with E-state index in [1.165, 1.54) is 14.2 Å². The quantitative estimate of drug-likeness (QED) is 0.627. The van der Waals surface area contributed by atoms with Crippen molar-refractivity contribution in [3.63, 3.8) is 0 Å². The maximum Gasteiger partial charge on any atom is 0.195 e. The summed E-state index contributed by atoms with van der Waals surface area (Å²) in [5.41, 5.74) is 0.867. The first-order chi connectivity index (χ1) is 9.97. The maximum absolute atomic E-state index is 12.7. The van der Waals surface area contributed by atoms with Gasteiger partial charge in [-0.1, -0.05) is 43.5 Å². The molecule has 0 radical (unpaired) electrons. The third-order valence-corrected chi connectivity index (χ3v) is 4.39. The highest BCUT2D eigenvalue weighted by Crippen LogP contribution is 2.35. The van der Waals surface area contributed by atoms with E-state index in [1.807, 2.05) is 6.07 Å². The molecule has 0 heterocycles. The minimum absolute atomic E-state index is 0.200. The summed E-state index contributed by atoms with van der Waals surface area (Å²) in [6, 6.07) is 8.53. The lowest BCUT2D eigenvalue weighted by atomic mass is 10.0. The van der Waals surface area contributed by atoms with Crippen molar-refractivity contribution in [2.24, 2.45) is 0 Å². The molecule has 2 aromatic rings. The van der Waals surface area contributed by atoms with Crippen LogP contribution in [0, 0.1) is 0 Å². The second-order valence-corrected chi connectivity index (χ2v) is 6.32. The summed E-state index contributed by atoms with van der Waals surface area (Å²) in [5.74, 6) is 0.734. The van der Waals surface area contributed by atoms with Crippen LogP contribution in [0.1, 0.15) is 15.9 Å². The smallest absolute Gasteiger partial charge is 0.195 e. The summed E-state index contributed by atoms with van der Waals surface area (Å²) in [6.45, 7) is 0. The zero-order valence-corrected chi connectivity index (χ0v) is 15.2. The molecular weight excluding hydrogens is 423 g/mol.